The fourth-order valence-corrected chi connectivity index (χ4v) is 6.28. The molecule has 6 rings (SSSR count). The number of unbranched alkanes of at least 4 members (excludes halogenated alkanes) is 1. The maximum Gasteiger partial charge on any atom is 0.407 e. The van der Waals surface area contributed by atoms with Crippen LogP contribution in [0.1, 0.15) is 53.4 Å². The Balaban J connectivity index is 0.910. The van der Waals surface area contributed by atoms with Gasteiger partial charge in [0, 0.05) is 18.4 Å². The highest BCUT2D eigenvalue weighted by Gasteiger charge is 2.31. The van der Waals surface area contributed by atoms with Crippen molar-refractivity contribution >= 4 is 17.8 Å². The molecule has 0 saturated carbocycles. The van der Waals surface area contributed by atoms with Crippen LogP contribution in [0.3, 0.4) is 0 Å². The summed E-state index contributed by atoms with van der Waals surface area (Å²) in [5, 5.41) is 2.77. The molecule has 1 amide bonds. The first kappa shape index (κ1) is 28.4. The van der Waals surface area contributed by atoms with Gasteiger partial charge in [0.1, 0.15) is 13.2 Å². The minimum Gasteiger partial charge on any atom is -0.459 e. The fourth-order valence-electron chi connectivity index (χ4n) is 6.28. The van der Waals surface area contributed by atoms with Gasteiger partial charge in [-0.1, -0.05) is 97.1 Å². The molecule has 43 heavy (non-hydrogen) atoms. The molecule has 2 aliphatic carbocycles. The van der Waals surface area contributed by atoms with Crippen LogP contribution in [0, 0.1) is 0 Å². The van der Waals surface area contributed by atoms with Gasteiger partial charge in [-0.05, 0) is 63.8 Å². The largest absolute Gasteiger partial charge is 0.459 e. The smallest absolute Gasteiger partial charge is 0.407 e. The first-order chi connectivity index (χ1) is 21.0. The summed E-state index contributed by atoms with van der Waals surface area (Å²) in [5.41, 5.74) is 15.1. The van der Waals surface area contributed by atoms with E-state index >= 15 is 0 Å². The fraction of sp³-hybridized carbons (Fsp3) is 0.250. The third-order valence-electron chi connectivity index (χ3n) is 8.44. The van der Waals surface area contributed by atoms with Crippen LogP contribution in [0.4, 0.5) is 4.79 Å². The van der Waals surface area contributed by atoms with Crippen molar-refractivity contribution in [2.24, 2.45) is 5.73 Å². The number of nitrogens with two attached hydrogens (primary N) is 1. The Morgan fingerprint density at radius 2 is 1.05 bits per heavy atom. The van der Waals surface area contributed by atoms with Gasteiger partial charge in [-0.2, -0.15) is 0 Å². The summed E-state index contributed by atoms with van der Waals surface area (Å²) in [6.07, 6.45) is 0.985. The van der Waals surface area contributed by atoms with E-state index in [9.17, 15) is 14.4 Å². The van der Waals surface area contributed by atoms with E-state index in [4.69, 9.17) is 15.2 Å². The first-order valence-electron chi connectivity index (χ1n) is 14.8. The molecule has 218 valence electrons. The predicted octanol–water partition coefficient (Wildman–Crippen LogP) is 5.95. The molecule has 0 spiro atoms. The van der Waals surface area contributed by atoms with Crippen molar-refractivity contribution < 1.29 is 23.9 Å². The zero-order valence-electron chi connectivity index (χ0n) is 23.8. The number of carbonyl (C=O) groups is 3. The molecule has 0 radical (unpaired) electrons. The standard InChI is InChI=1S/C36H34N2O5/c37-33(34(39)35(40)42-21-31-27-15-5-1-11-23(27)24-12-2-6-16-28(24)31)19-9-10-20-38-36(41)43-22-32-29-17-7-3-13-25(29)26-14-4-8-18-30(26)32/h1-8,11-18,31-33H,9-10,19-22,37H2,(H,38,41)/t33-/m0/s1. The number of esters is 1. The molecule has 1 atom stereocenters. The van der Waals surface area contributed by atoms with Crippen LogP contribution >= 0.6 is 0 Å². The molecule has 0 fully saturated rings. The van der Waals surface area contributed by atoms with Crippen LogP contribution < -0.4 is 11.1 Å². The molecular weight excluding hydrogens is 540 g/mol. The van der Waals surface area contributed by atoms with Crippen molar-refractivity contribution in [3.8, 4) is 22.3 Å². The maximum absolute atomic E-state index is 12.6. The lowest BCUT2D eigenvalue weighted by Crippen LogP contribution is -2.37. The first-order valence-corrected chi connectivity index (χ1v) is 14.8. The van der Waals surface area contributed by atoms with Gasteiger partial charge in [0.2, 0.25) is 0 Å². The lowest BCUT2D eigenvalue weighted by molar-refractivity contribution is -0.154. The molecule has 7 nitrogen and oxygen atoms in total. The molecule has 2 aliphatic rings. The summed E-state index contributed by atoms with van der Waals surface area (Å²) in [5.74, 6) is -1.76. The van der Waals surface area contributed by atoms with Crippen LogP contribution in [0.2, 0.25) is 0 Å². The van der Waals surface area contributed by atoms with Gasteiger partial charge < -0.3 is 20.5 Å². The number of hydrogen-bond donors (Lipinski definition) is 2. The Morgan fingerprint density at radius 1 is 0.628 bits per heavy atom. The van der Waals surface area contributed by atoms with Gasteiger partial charge in [0.05, 0.1) is 6.04 Å². The van der Waals surface area contributed by atoms with Gasteiger partial charge in [0.25, 0.3) is 5.78 Å². The second kappa shape index (κ2) is 12.6. The molecule has 4 aromatic carbocycles. The topological polar surface area (TPSA) is 108 Å². The molecule has 3 N–H and O–H groups in total. The van der Waals surface area contributed by atoms with E-state index in [-0.39, 0.29) is 25.0 Å². The second-order valence-electron chi connectivity index (χ2n) is 11.0. The highest BCUT2D eigenvalue weighted by Crippen LogP contribution is 2.45. The van der Waals surface area contributed by atoms with E-state index in [1.165, 1.54) is 11.1 Å². The highest BCUT2D eigenvalue weighted by molar-refractivity contribution is 6.35. The minimum absolute atomic E-state index is 0.0000676. The van der Waals surface area contributed by atoms with E-state index in [1.807, 2.05) is 60.7 Å². The van der Waals surface area contributed by atoms with E-state index in [0.29, 0.717) is 25.8 Å². The molecule has 0 aromatic heterocycles. The monoisotopic (exact) mass is 574 g/mol. The number of amides is 1. The Labute approximate surface area is 251 Å². The quantitative estimate of drug-likeness (QED) is 0.130. The molecule has 0 aliphatic heterocycles. The SMILES string of the molecule is N[C@@H](CCCCNC(=O)OCC1c2ccccc2-c2ccccc21)C(=O)C(=O)OCC1c2ccccc2-c2ccccc21. The van der Waals surface area contributed by atoms with E-state index in [1.54, 1.807) is 0 Å². The van der Waals surface area contributed by atoms with Gasteiger partial charge >= 0.3 is 12.1 Å². The molecule has 0 saturated heterocycles. The maximum atomic E-state index is 12.6. The summed E-state index contributed by atoms with van der Waals surface area (Å²) in [6.45, 7) is 0.706. The molecule has 0 heterocycles. The van der Waals surface area contributed by atoms with Crippen molar-refractivity contribution in [2.45, 2.75) is 37.1 Å². The van der Waals surface area contributed by atoms with Crippen LogP contribution in [0.25, 0.3) is 22.3 Å². The lowest BCUT2D eigenvalue weighted by atomic mass is 9.98. The number of alkyl carbamates (subject to hydrolysis) is 1. The van der Waals surface area contributed by atoms with Crippen LogP contribution in [-0.4, -0.2) is 43.6 Å². The Hall–Kier alpha value is -4.75. The van der Waals surface area contributed by atoms with Gasteiger partial charge in [-0.25, -0.2) is 9.59 Å². The summed E-state index contributed by atoms with van der Waals surface area (Å²) in [7, 11) is 0. The number of benzene rings is 4. The molecule has 4 aromatic rings. The second-order valence-corrected chi connectivity index (χ2v) is 11.0. The molecule has 0 bridgehead atoms. The van der Waals surface area contributed by atoms with Gasteiger partial charge in [-0.3, -0.25) is 4.79 Å². The predicted molar refractivity (Wildman–Crippen MR) is 165 cm³/mol. The zero-order valence-corrected chi connectivity index (χ0v) is 23.8. The summed E-state index contributed by atoms with van der Waals surface area (Å²) in [4.78, 5) is 37.5. The number of fused-ring (bicyclic) bond motifs is 6. The van der Waals surface area contributed by atoms with Crippen molar-refractivity contribution in [2.75, 3.05) is 19.8 Å². The molecule has 7 heteroatoms. The number of ether oxygens (including phenoxy) is 2. The van der Waals surface area contributed by atoms with E-state index in [2.05, 4.69) is 41.7 Å². The molecule has 0 unspecified atom stereocenters. The number of Topliss-reactive ketones (excluding diaryl/α,β-unsaturated/α-hetero) is 1. The normalized spacial score (nSPS) is 13.8. The average molecular weight is 575 g/mol. The van der Waals surface area contributed by atoms with E-state index in [0.717, 1.165) is 33.4 Å². The Bertz CT molecular complexity index is 1570. The minimum atomic E-state index is -0.954. The van der Waals surface area contributed by atoms with Crippen LogP contribution in [0.5, 0.6) is 0 Å². The van der Waals surface area contributed by atoms with Crippen molar-refractivity contribution in [3.63, 3.8) is 0 Å². The zero-order chi connectivity index (χ0) is 29.8. The highest BCUT2D eigenvalue weighted by atomic mass is 16.5. The third-order valence-corrected chi connectivity index (χ3v) is 8.44. The number of rotatable bonds is 11. The summed E-state index contributed by atoms with van der Waals surface area (Å²) < 4.78 is 11.0. The summed E-state index contributed by atoms with van der Waals surface area (Å²) >= 11 is 0. The van der Waals surface area contributed by atoms with E-state index < -0.39 is 23.9 Å². The number of hydrogen-bond acceptors (Lipinski definition) is 6. The van der Waals surface area contributed by atoms with Crippen molar-refractivity contribution in [3.05, 3.63) is 119 Å². The number of ketones is 1. The number of carbonyl (C=O) groups excluding carboxylic acids is 3. The van der Waals surface area contributed by atoms with Crippen molar-refractivity contribution in [1.82, 2.24) is 5.32 Å². The van der Waals surface area contributed by atoms with Gasteiger partial charge in [-0.15, -0.1) is 0 Å². The van der Waals surface area contributed by atoms with Crippen molar-refractivity contribution in [1.29, 1.82) is 0 Å². The van der Waals surface area contributed by atoms with Gasteiger partial charge in [0.15, 0.2) is 0 Å². The van der Waals surface area contributed by atoms with Crippen LogP contribution in [0.15, 0.2) is 97.1 Å². The summed E-state index contributed by atoms with van der Waals surface area (Å²) in [6, 6.07) is 31.5. The average Bonchev–Trinajstić information content (AvgIpc) is 3.54. The molecular formula is C36H34N2O5. The Morgan fingerprint density at radius 3 is 1.51 bits per heavy atom. The third kappa shape index (κ3) is 5.81. The lowest BCUT2D eigenvalue weighted by Gasteiger charge is -2.15. The number of nitrogens with one attached hydrogen (secondary N) is 1. The van der Waals surface area contributed by atoms with Crippen LogP contribution in [-0.2, 0) is 19.1 Å². The Kier molecular flexibility index (Phi) is 8.34.